The topological polar surface area (TPSA) is 133 Å². The molecule has 0 unspecified atom stereocenters. The zero-order valence-corrected chi connectivity index (χ0v) is 20.0. The fourth-order valence-corrected chi connectivity index (χ4v) is 4.34. The summed E-state index contributed by atoms with van der Waals surface area (Å²) < 4.78 is 44.6. The number of ether oxygens (including phenoxy) is 2. The Hall–Kier alpha value is -3.53. The molecule has 0 saturated carbocycles. The van der Waals surface area contributed by atoms with Gasteiger partial charge in [-0.25, -0.2) is 0 Å². The number of carbonyl (C=O) groups is 2. The zero-order chi connectivity index (χ0) is 25.4. The van der Waals surface area contributed by atoms with Gasteiger partial charge in [0.1, 0.15) is 24.2 Å². The first kappa shape index (κ1) is 26.1. The number of benzene rings is 3. The van der Waals surface area contributed by atoms with Crippen LogP contribution in [0.5, 0.6) is 0 Å². The Labute approximate surface area is 204 Å². The fourth-order valence-electron chi connectivity index (χ4n) is 3.42. The molecule has 0 saturated heterocycles. The van der Waals surface area contributed by atoms with Crippen molar-refractivity contribution in [1.82, 2.24) is 0 Å². The number of nitrogens with two attached hydrogens (primary N) is 1. The Bertz CT molecular complexity index is 1270. The molecule has 184 valence electrons. The van der Waals surface area contributed by atoms with Gasteiger partial charge in [-0.1, -0.05) is 78.4 Å². The van der Waals surface area contributed by atoms with Crippen molar-refractivity contribution >= 4 is 22.1 Å². The first-order chi connectivity index (χ1) is 16.6. The number of aryl methyl sites for hydroxylation is 1. The molecule has 1 atom stereocenters. The van der Waals surface area contributed by atoms with E-state index in [1.165, 1.54) is 6.07 Å². The molecule has 0 fully saturated rings. The fraction of sp³-hybridized carbons (Fsp3) is 0.231. The summed E-state index contributed by atoms with van der Waals surface area (Å²) in [6.45, 7) is 1.60. The van der Waals surface area contributed by atoms with Gasteiger partial charge in [0.2, 0.25) is 0 Å². The molecule has 3 aromatic carbocycles. The van der Waals surface area contributed by atoms with Crippen LogP contribution in [0.3, 0.4) is 0 Å². The largest absolute Gasteiger partial charge is 0.461 e. The lowest BCUT2D eigenvalue weighted by Gasteiger charge is -2.15. The molecule has 0 aliphatic rings. The van der Waals surface area contributed by atoms with Crippen molar-refractivity contribution in [1.29, 1.82) is 0 Å². The molecule has 3 aromatic rings. The third-order valence-electron chi connectivity index (χ3n) is 5.29. The van der Waals surface area contributed by atoms with Crippen LogP contribution < -0.4 is 5.73 Å². The lowest BCUT2D eigenvalue weighted by atomic mass is 10.0. The maximum atomic E-state index is 12.4. The van der Waals surface area contributed by atoms with Crippen molar-refractivity contribution in [2.45, 2.75) is 43.9 Å². The van der Waals surface area contributed by atoms with Crippen LogP contribution in [0.15, 0.2) is 77.7 Å². The zero-order valence-electron chi connectivity index (χ0n) is 19.2. The second kappa shape index (κ2) is 11.7. The molecular formula is C26H27NO7S. The summed E-state index contributed by atoms with van der Waals surface area (Å²) >= 11 is 0. The third kappa shape index (κ3) is 7.48. The Morgan fingerprint density at radius 3 is 2.26 bits per heavy atom. The first-order valence-electron chi connectivity index (χ1n) is 10.9. The van der Waals surface area contributed by atoms with Crippen molar-refractivity contribution in [2.24, 2.45) is 5.73 Å². The van der Waals surface area contributed by atoms with Gasteiger partial charge < -0.3 is 15.2 Å². The van der Waals surface area contributed by atoms with Gasteiger partial charge in [0.15, 0.2) is 0 Å². The van der Waals surface area contributed by atoms with Gasteiger partial charge in [-0.15, -0.1) is 0 Å². The van der Waals surface area contributed by atoms with Crippen molar-refractivity contribution in [3.63, 3.8) is 0 Å². The van der Waals surface area contributed by atoms with E-state index < -0.39 is 34.7 Å². The van der Waals surface area contributed by atoms with E-state index >= 15 is 0 Å². The smallest absolute Gasteiger partial charge is 0.323 e. The third-order valence-corrected chi connectivity index (χ3v) is 6.29. The summed E-state index contributed by atoms with van der Waals surface area (Å²) in [5, 5.41) is 0. The van der Waals surface area contributed by atoms with Crippen LogP contribution in [0.1, 0.15) is 29.5 Å². The molecule has 0 heterocycles. The number of hydrogen-bond acceptors (Lipinski definition) is 7. The van der Waals surface area contributed by atoms with E-state index in [9.17, 15) is 22.6 Å². The molecule has 0 aromatic heterocycles. The lowest BCUT2D eigenvalue weighted by Crippen LogP contribution is -2.33. The number of carbonyl (C=O) groups excluding carboxylic acids is 2. The van der Waals surface area contributed by atoms with Crippen LogP contribution in [0.25, 0.3) is 11.1 Å². The van der Waals surface area contributed by atoms with Crippen LogP contribution >= 0.6 is 0 Å². The lowest BCUT2D eigenvalue weighted by molar-refractivity contribution is -0.148. The van der Waals surface area contributed by atoms with Crippen molar-refractivity contribution in [3.8, 4) is 11.1 Å². The quantitative estimate of drug-likeness (QED) is 0.319. The second-order valence-corrected chi connectivity index (χ2v) is 9.39. The highest BCUT2D eigenvalue weighted by Crippen LogP contribution is 2.31. The van der Waals surface area contributed by atoms with Gasteiger partial charge in [-0.2, -0.15) is 8.42 Å². The minimum Gasteiger partial charge on any atom is -0.461 e. The van der Waals surface area contributed by atoms with Crippen LogP contribution in [-0.4, -0.2) is 31.0 Å². The van der Waals surface area contributed by atoms with E-state index in [1.807, 2.05) is 49.4 Å². The highest BCUT2D eigenvalue weighted by molar-refractivity contribution is 7.86. The van der Waals surface area contributed by atoms with Crippen LogP contribution in [0.2, 0.25) is 0 Å². The van der Waals surface area contributed by atoms with E-state index in [1.54, 1.807) is 24.3 Å². The predicted molar refractivity (Wildman–Crippen MR) is 130 cm³/mol. The van der Waals surface area contributed by atoms with Gasteiger partial charge in [0.25, 0.3) is 10.1 Å². The average molecular weight is 498 g/mol. The molecule has 0 spiro atoms. The Morgan fingerprint density at radius 1 is 0.914 bits per heavy atom. The Morgan fingerprint density at radius 2 is 1.60 bits per heavy atom. The number of esters is 2. The van der Waals surface area contributed by atoms with Gasteiger partial charge in [-0.05, 0) is 24.5 Å². The van der Waals surface area contributed by atoms with Crippen LogP contribution in [0, 0.1) is 6.92 Å². The van der Waals surface area contributed by atoms with Crippen LogP contribution in [0.4, 0.5) is 0 Å². The van der Waals surface area contributed by atoms with Gasteiger partial charge in [0, 0.05) is 17.5 Å². The highest BCUT2D eigenvalue weighted by Gasteiger charge is 2.23. The number of rotatable bonds is 10. The molecule has 3 N–H and O–H groups in total. The predicted octanol–water partition coefficient (Wildman–Crippen LogP) is 3.80. The van der Waals surface area contributed by atoms with E-state index in [0.717, 1.165) is 11.1 Å². The summed E-state index contributed by atoms with van der Waals surface area (Å²) in [5.41, 5.74) is 8.65. The van der Waals surface area contributed by atoms with E-state index in [-0.39, 0.29) is 35.5 Å². The highest BCUT2D eigenvalue weighted by atomic mass is 32.2. The standard InChI is InChI=1S/C26H27NO7S/c1-18-10-12-20(13-11-18)22-9-5-8-21(25(22)35(30,31)32)17-34-26(29)23(27)14-15-24(28)33-16-19-6-3-2-4-7-19/h2-13,23H,14-17,27H2,1H3,(H,30,31,32)/t23-/m0/s1. The van der Waals surface area contributed by atoms with Crippen LogP contribution in [-0.2, 0) is 42.4 Å². The molecule has 8 nitrogen and oxygen atoms in total. The van der Waals surface area contributed by atoms with Gasteiger partial charge in [-0.3, -0.25) is 14.1 Å². The summed E-state index contributed by atoms with van der Waals surface area (Å²) in [6, 6.07) is 19.8. The molecule has 0 aliphatic carbocycles. The van der Waals surface area contributed by atoms with E-state index in [4.69, 9.17) is 15.2 Å². The van der Waals surface area contributed by atoms with Crippen molar-refractivity contribution in [2.75, 3.05) is 0 Å². The molecule has 3 rings (SSSR count). The van der Waals surface area contributed by atoms with Crippen molar-refractivity contribution < 1.29 is 32.0 Å². The number of hydrogen-bond donors (Lipinski definition) is 2. The SMILES string of the molecule is Cc1ccc(-c2cccc(COC(=O)[C@@H](N)CCC(=O)OCc3ccccc3)c2S(=O)(=O)O)cc1. The van der Waals surface area contributed by atoms with Gasteiger partial charge >= 0.3 is 11.9 Å². The maximum Gasteiger partial charge on any atom is 0.323 e. The monoisotopic (exact) mass is 497 g/mol. The first-order valence-corrected chi connectivity index (χ1v) is 12.4. The minimum absolute atomic E-state index is 0.00101. The Balaban J connectivity index is 1.61. The summed E-state index contributed by atoms with van der Waals surface area (Å²) in [5.74, 6) is -1.31. The molecule has 0 aliphatic heterocycles. The molecule has 0 amide bonds. The Kier molecular flexibility index (Phi) is 8.75. The molecule has 9 heteroatoms. The summed E-state index contributed by atoms with van der Waals surface area (Å²) in [6.07, 6.45) is -0.0801. The molecule has 35 heavy (non-hydrogen) atoms. The normalized spacial score (nSPS) is 12.1. The summed E-state index contributed by atoms with van der Waals surface area (Å²) in [7, 11) is -4.63. The molecular weight excluding hydrogens is 470 g/mol. The average Bonchev–Trinajstić information content (AvgIpc) is 2.84. The van der Waals surface area contributed by atoms with Gasteiger partial charge in [0.05, 0.1) is 0 Å². The van der Waals surface area contributed by atoms with Crippen molar-refractivity contribution in [3.05, 3.63) is 89.5 Å². The maximum absolute atomic E-state index is 12.4. The molecule has 0 bridgehead atoms. The second-order valence-electron chi connectivity index (χ2n) is 8.03. The van der Waals surface area contributed by atoms with E-state index in [0.29, 0.717) is 5.56 Å². The summed E-state index contributed by atoms with van der Waals surface area (Å²) in [4.78, 5) is 24.0. The minimum atomic E-state index is -4.63. The molecule has 0 radical (unpaired) electrons. The van der Waals surface area contributed by atoms with E-state index in [2.05, 4.69) is 0 Å².